The first-order chi connectivity index (χ1) is 11.0. The van der Waals surface area contributed by atoms with Crippen LogP contribution in [0.3, 0.4) is 0 Å². The van der Waals surface area contributed by atoms with Gasteiger partial charge in [-0.25, -0.2) is 8.78 Å². The second kappa shape index (κ2) is 6.08. The van der Waals surface area contributed by atoms with Crippen molar-refractivity contribution in [1.29, 1.82) is 0 Å². The van der Waals surface area contributed by atoms with Gasteiger partial charge >= 0.3 is 11.8 Å². The van der Waals surface area contributed by atoms with E-state index >= 15 is 0 Å². The van der Waals surface area contributed by atoms with Crippen LogP contribution in [-0.4, -0.2) is 18.4 Å². The smallest absolute Gasteiger partial charge is 0.313 e. The van der Waals surface area contributed by atoms with E-state index in [1.807, 2.05) is 17.5 Å². The van der Waals surface area contributed by atoms with Gasteiger partial charge in [0.25, 0.3) is 0 Å². The molecule has 0 saturated heterocycles. The normalized spacial score (nSPS) is 15.0. The van der Waals surface area contributed by atoms with Crippen LogP contribution in [0.2, 0.25) is 0 Å². The molecule has 1 saturated carbocycles. The number of amides is 2. The maximum Gasteiger partial charge on any atom is 0.313 e. The molecule has 1 heterocycles. The average Bonchev–Trinajstić information content (AvgIpc) is 3.11. The molecule has 1 fully saturated rings. The minimum Gasteiger partial charge on any atom is -0.347 e. The van der Waals surface area contributed by atoms with Crippen LogP contribution in [-0.2, 0) is 15.0 Å². The van der Waals surface area contributed by atoms with Crippen LogP contribution in [0.5, 0.6) is 0 Å². The molecule has 7 heteroatoms. The van der Waals surface area contributed by atoms with Crippen molar-refractivity contribution in [3.8, 4) is 0 Å². The molecule has 1 aromatic heterocycles. The fraction of sp³-hybridized carbons (Fsp3) is 0.250. The summed E-state index contributed by atoms with van der Waals surface area (Å²) in [5.74, 6) is -3.80. The minimum absolute atomic E-state index is 0.0310. The zero-order valence-electron chi connectivity index (χ0n) is 12.1. The molecule has 1 aliphatic rings. The Morgan fingerprint density at radius 3 is 2.52 bits per heavy atom. The Bertz CT molecular complexity index is 743. The second-order valence-electron chi connectivity index (χ2n) is 5.52. The Hall–Kier alpha value is -2.28. The Kier molecular flexibility index (Phi) is 4.12. The summed E-state index contributed by atoms with van der Waals surface area (Å²) in [6.45, 7) is 0.386. The molecule has 2 aromatic rings. The fourth-order valence-corrected chi connectivity index (χ4v) is 3.32. The Balaban J connectivity index is 1.56. The van der Waals surface area contributed by atoms with E-state index in [1.165, 1.54) is 10.9 Å². The molecule has 0 spiro atoms. The molecule has 4 nitrogen and oxygen atoms in total. The number of benzene rings is 1. The van der Waals surface area contributed by atoms with Crippen molar-refractivity contribution in [2.75, 3.05) is 11.9 Å². The predicted octanol–water partition coefficient (Wildman–Crippen LogP) is 2.81. The van der Waals surface area contributed by atoms with E-state index in [4.69, 9.17) is 0 Å². The number of anilines is 1. The van der Waals surface area contributed by atoms with Gasteiger partial charge in [0.05, 0.1) is 0 Å². The summed E-state index contributed by atoms with van der Waals surface area (Å²) in [7, 11) is 0. The monoisotopic (exact) mass is 336 g/mol. The van der Waals surface area contributed by atoms with Gasteiger partial charge in [0.2, 0.25) is 0 Å². The van der Waals surface area contributed by atoms with E-state index in [-0.39, 0.29) is 11.1 Å². The van der Waals surface area contributed by atoms with Gasteiger partial charge < -0.3 is 10.6 Å². The van der Waals surface area contributed by atoms with E-state index in [0.717, 1.165) is 25.0 Å². The van der Waals surface area contributed by atoms with E-state index < -0.39 is 23.4 Å². The first-order valence-corrected chi connectivity index (χ1v) is 7.96. The highest BCUT2D eigenvalue weighted by molar-refractivity contribution is 7.10. The van der Waals surface area contributed by atoms with Gasteiger partial charge in [0, 0.05) is 28.6 Å². The highest BCUT2D eigenvalue weighted by Gasteiger charge is 2.45. The third-order valence-electron chi connectivity index (χ3n) is 3.87. The van der Waals surface area contributed by atoms with Crippen LogP contribution >= 0.6 is 11.3 Å². The second-order valence-corrected chi connectivity index (χ2v) is 6.47. The Morgan fingerprint density at radius 2 is 1.91 bits per heavy atom. The molecule has 0 bridgehead atoms. The SMILES string of the molecule is O=C(NCC1(c2cccs2)CC1)C(=O)Nc1ccc(F)c(F)c1. The number of carbonyl (C=O) groups is 2. The number of rotatable bonds is 4. The quantitative estimate of drug-likeness (QED) is 0.844. The number of carbonyl (C=O) groups excluding carboxylic acids is 2. The van der Waals surface area contributed by atoms with Crippen molar-refractivity contribution in [3.63, 3.8) is 0 Å². The molecule has 120 valence electrons. The molecule has 2 N–H and O–H groups in total. The zero-order valence-corrected chi connectivity index (χ0v) is 12.9. The molecule has 2 amide bonds. The third-order valence-corrected chi connectivity index (χ3v) is 4.98. The minimum atomic E-state index is -1.09. The fourth-order valence-electron chi connectivity index (χ4n) is 2.33. The number of nitrogens with one attached hydrogen (secondary N) is 2. The van der Waals surface area contributed by atoms with Gasteiger partial charge in [-0.1, -0.05) is 6.07 Å². The first-order valence-electron chi connectivity index (χ1n) is 7.08. The largest absolute Gasteiger partial charge is 0.347 e. The maximum atomic E-state index is 13.1. The van der Waals surface area contributed by atoms with Crippen molar-refractivity contribution in [1.82, 2.24) is 5.32 Å². The van der Waals surface area contributed by atoms with Gasteiger partial charge in [0.15, 0.2) is 11.6 Å². The number of thiophene rings is 1. The van der Waals surface area contributed by atoms with E-state index in [1.54, 1.807) is 11.3 Å². The highest BCUT2D eigenvalue weighted by atomic mass is 32.1. The summed E-state index contributed by atoms with van der Waals surface area (Å²) in [5, 5.41) is 6.83. The number of halogens is 2. The van der Waals surface area contributed by atoms with Crippen molar-refractivity contribution < 1.29 is 18.4 Å². The lowest BCUT2D eigenvalue weighted by atomic mass is 10.1. The molecular weight excluding hydrogens is 322 g/mol. The van der Waals surface area contributed by atoms with Crippen molar-refractivity contribution >= 4 is 28.8 Å². The van der Waals surface area contributed by atoms with Gasteiger partial charge in [0.1, 0.15) is 0 Å². The molecule has 1 aliphatic carbocycles. The summed E-state index contributed by atoms with van der Waals surface area (Å²) in [6, 6.07) is 6.88. The summed E-state index contributed by atoms with van der Waals surface area (Å²) in [4.78, 5) is 24.8. The van der Waals surface area contributed by atoms with E-state index in [9.17, 15) is 18.4 Å². The number of hydrogen-bond donors (Lipinski definition) is 2. The number of hydrogen-bond acceptors (Lipinski definition) is 3. The highest BCUT2D eigenvalue weighted by Crippen LogP contribution is 2.49. The van der Waals surface area contributed by atoms with Gasteiger partial charge in [-0.05, 0) is 36.4 Å². The van der Waals surface area contributed by atoms with Crippen molar-refractivity contribution in [3.05, 3.63) is 52.2 Å². The predicted molar refractivity (Wildman–Crippen MR) is 83.2 cm³/mol. The summed E-state index contributed by atoms with van der Waals surface area (Å²) in [6.07, 6.45) is 1.94. The molecular formula is C16H14F2N2O2S. The average molecular weight is 336 g/mol. The van der Waals surface area contributed by atoms with Gasteiger partial charge in [-0.15, -0.1) is 11.3 Å². The maximum absolute atomic E-state index is 13.1. The van der Waals surface area contributed by atoms with Crippen molar-refractivity contribution in [2.45, 2.75) is 18.3 Å². The molecule has 0 aliphatic heterocycles. The van der Waals surface area contributed by atoms with E-state index in [2.05, 4.69) is 10.6 Å². The molecule has 0 atom stereocenters. The molecule has 3 rings (SSSR count). The van der Waals surface area contributed by atoms with Crippen LogP contribution in [0.1, 0.15) is 17.7 Å². The Labute approximate surface area is 135 Å². The topological polar surface area (TPSA) is 58.2 Å². The molecule has 23 heavy (non-hydrogen) atoms. The Morgan fingerprint density at radius 1 is 1.13 bits per heavy atom. The standard InChI is InChI=1S/C16H14F2N2O2S/c17-11-4-3-10(8-12(11)18)20-15(22)14(21)19-9-16(5-6-16)13-2-1-7-23-13/h1-4,7-8H,5-6,9H2,(H,19,21)(H,20,22). The molecule has 0 radical (unpaired) electrons. The van der Waals surface area contributed by atoms with E-state index in [0.29, 0.717) is 6.54 Å². The lowest BCUT2D eigenvalue weighted by molar-refractivity contribution is -0.136. The lowest BCUT2D eigenvalue weighted by Gasteiger charge is -2.14. The van der Waals surface area contributed by atoms with Crippen LogP contribution in [0.25, 0.3) is 0 Å². The zero-order chi connectivity index (χ0) is 16.4. The lowest BCUT2D eigenvalue weighted by Crippen LogP contribution is -2.39. The first kappa shape index (κ1) is 15.6. The summed E-state index contributed by atoms with van der Waals surface area (Å²) >= 11 is 1.63. The summed E-state index contributed by atoms with van der Waals surface area (Å²) < 4.78 is 25.9. The van der Waals surface area contributed by atoms with Crippen LogP contribution in [0.4, 0.5) is 14.5 Å². The van der Waals surface area contributed by atoms with Crippen LogP contribution in [0, 0.1) is 11.6 Å². The van der Waals surface area contributed by atoms with Gasteiger partial charge in [-0.2, -0.15) is 0 Å². The van der Waals surface area contributed by atoms with Gasteiger partial charge in [-0.3, -0.25) is 9.59 Å². The van der Waals surface area contributed by atoms with Crippen LogP contribution < -0.4 is 10.6 Å². The molecule has 0 unspecified atom stereocenters. The van der Waals surface area contributed by atoms with Crippen LogP contribution in [0.15, 0.2) is 35.7 Å². The van der Waals surface area contributed by atoms with Crippen molar-refractivity contribution in [2.24, 2.45) is 0 Å². The molecule has 1 aromatic carbocycles. The third kappa shape index (κ3) is 3.39. The summed E-state index contributed by atoms with van der Waals surface area (Å²) in [5.41, 5.74) is -0.0324.